The van der Waals surface area contributed by atoms with Gasteiger partial charge in [0.15, 0.2) is 0 Å². The molecule has 1 atom stereocenters. The van der Waals surface area contributed by atoms with Crippen molar-refractivity contribution in [2.75, 3.05) is 26.2 Å². The van der Waals surface area contributed by atoms with Crippen LogP contribution < -0.4 is 5.73 Å². The zero-order valence-electron chi connectivity index (χ0n) is 9.02. The summed E-state index contributed by atoms with van der Waals surface area (Å²) in [5.74, 6) is 0. The van der Waals surface area contributed by atoms with E-state index in [1.54, 1.807) is 0 Å². The van der Waals surface area contributed by atoms with Crippen LogP contribution in [0.15, 0.2) is 0 Å². The average molecular weight is 216 g/mol. The molecule has 1 unspecified atom stereocenters. The van der Waals surface area contributed by atoms with Gasteiger partial charge in [-0.15, -0.1) is 0 Å². The van der Waals surface area contributed by atoms with Crippen molar-refractivity contribution in [1.82, 2.24) is 4.90 Å². The number of carboxylic acid groups (broad SMARTS) is 1. The second kappa shape index (κ2) is 6.63. The SMILES string of the molecule is NCCCCOC1CCCN(C(=O)O)C1. The maximum Gasteiger partial charge on any atom is 0.407 e. The number of ether oxygens (including phenoxy) is 1. The van der Waals surface area contributed by atoms with Crippen LogP contribution in [0.4, 0.5) is 4.79 Å². The first-order chi connectivity index (χ1) is 7.24. The van der Waals surface area contributed by atoms with E-state index in [9.17, 15) is 4.79 Å². The van der Waals surface area contributed by atoms with Crippen LogP contribution in [0.1, 0.15) is 25.7 Å². The van der Waals surface area contributed by atoms with Crippen molar-refractivity contribution in [1.29, 1.82) is 0 Å². The molecular formula is C10H20N2O3. The average Bonchev–Trinajstić information content (AvgIpc) is 2.25. The number of piperidine rings is 1. The number of nitrogens with zero attached hydrogens (tertiary/aromatic N) is 1. The fourth-order valence-corrected chi connectivity index (χ4v) is 1.74. The van der Waals surface area contributed by atoms with Gasteiger partial charge in [0.2, 0.25) is 0 Å². The van der Waals surface area contributed by atoms with E-state index in [0.717, 1.165) is 25.7 Å². The van der Waals surface area contributed by atoms with Gasteiger partial charge in [0.1, 0.15) is 0 Å². The molecule has 0 spiro atoms. The number of nitrogens with two attached hydrogens (primary N) is 1. The third-order valence-corrected chi connectivity index (χ3v) is 2.60. The van der Waals surface area contributed by atoms with Crippen molar-refractivity contribution in [3.05, 3.63) is 0 Å². The topological polar surface area (TPSA) is 75.8 Å². The number of unbranched alkanes of at least 4 members (excludes halogenated alkanes) is 1. The Labute approximate surface area is 90.2 Å². The quantitative estimate of drug-likeness (QED) is 0.669. The molecule has 1 aliphatic heterocycles. The Morgan fingerprint density at radius 3 is 3.00 bits per heavy atom. The first-order valence-corrected chi connectivity index (χ1v) is 5.53. The van der Waals surface area contributed by atoms with Gasteiger partial charge >= 0.3 is 6.09 Å². The van der Waals surface area contributed by atoms with Crippen molar-refractivity contribution in [2.24, 2.45) is 5.73 Å². The Hall–Kier alpha value is -0.810. The first kappa shape index (κ1) is 12.3. The molecule has 0 aromatic heterocycles. The predicted molar refractivity (Wildman–Crippen MR) is 56.9 cm³/mol. The predicted octanol–water partition coefficient (Wildman–Crippen LogP) is 0.884. The van der Waals surface area contributed by atoms with Crippen LogP contribution in [0.25, 0.3) is 0 Å². The van der Waals surface area contributed by atoms with E-state index in [1.165, 1.54) is 4.90 Å². The van der Waals surface area contributed by atoms with E-state index in [2.05, 4.69) is 0 Å². The molecule has 0 aromatic carbocycles. The molecule has 15 heavy (non-hydrogen) atoms. The van der Waals surface area contributed by atoms with Crippen LogP contribution in [-0.2, 0) is 4.74 Å². The minimum atomic E-state index is -0.842. The van der Waals surface area contributed by atoms with E-state index in [-0.39, 0.29) is 6.10 Å². The van der Waals surface area contributed by atoms with Crippen molar-refractivity contribution in [3.63, 3.8) is 0 Å². The molecule has 1 aliphatic rings. The normalized spacial score (nSPS) is 21.7. The van der Waals surface area contributed by atoms with E-state index in [4.69, 9.17) is 15.6 Å². The first-order valence-electron chi connectivity index (χ1n) is 5.53. The molecular weight excluding hydrogens is 196 g/mol. The van der Waals surface area contributed by atoms with Crippen molar-refractivity contribution in [3.8, 4) is 0 Å². The Morgan fingerprint density at radius 1 is 1.53 bits per heavy atom. The molecule has 5 nitrogen and oxygen atoms in total. The Morgan fingerprint density at radius 2 is 2.33 bits per heavy atom. The summed E-state index contributed by atoms with van der Waals surface area (Å²) in [6.45, 7) is 2.53. The van der Waals surface area contributed by atoms with Crippen LogP contribution in [0, 0.1) is 0 Å². The van der Waals surface area contributed by atoms with Gasteiger partial charge in [0.05, 0.1) is 12.6 Å². The van der Waals surface area contributed by atoms with Crippen LogP contribution in [0.3, 0.4) is 0 Å². The number of amides is 1. The molecule has 0 aromatic rings. The minimum Gasteiger partial charge on any atom is -0.465 e. The maximum atomic E-state index is 10.7. The lowest BCUT2D eigenvalue weighted by molar-refractivity contribution is 0.00196. The molecule has 1 saturated heterocycles. The van der Waals surface area contributed by atoms with Crippen LogP contribution in [0.5, 0.6) is 0 Å². The van der Waals surface area contributed by atoms with Gasteiger partial charge in [-0.1, -0.05) is 0 Å². The van der Waals surface area contributed by atoms with Crippen LogP contribution >= 0.6 is 0 Å². The molecule has 1 heterocycles. The second-order valence-corrected chi connectivity index (χ2v) is 3.86. The highest BCUT2D eigenvalue weighted by Crippen LogP contribution is 2.13. The highest BCUT2D eigenvalue weighted by atomic mass is 16.5. The van der Waals surface area contributed by atoms with Gasteiger partial charge in [-0.25, -0.2) is 4.79 Å². The van der Waals surface area contributed by atoms with Gasteiger partial charge in [-0.3, -0.25) is 0 Å². The van der Waals surface area contributed by atoms with Gasteiger partial charge in [-0.2, -0.15) is 0 Å². The lowest BCUT2D eigenvalue weighted by Gasteiger charge is -2.30. The number of hydrogen-bond donors (Lipinski definition) is 2. The molecule has 1 amide bonds. The fourth-order valence-electron chi connectivity index (χ4n) is 1.74. The van der Waals surface area contributed by atoms with E-state index in [0.29, 0.717) is 26.2 Å². The van der Waals surface area contributed by atoms with Crippen molar-refractivity contribution >= 4 is 6.09 Å². The summed E-state index contributed by atoms with van der Waals surface area (Å²) in [7, 11) is 0. The summed E-state index contributed by atoms with van der Waals surface area (Å²) in [5.41, 5.74) is 5.37. The molecule has 0 bridgehead atoms. The van der Waals surface area contributed by atoms with Gasteiger partial charge in [-0.05, 0) is 32.2 Å². The number of rotatable bonds is 5. The van der Waals surface area contributed by atoms with E-state index < -0.39 is 6.09 Å². The highest BCUT2D eigenvalue weighted by Gasteiger charge is 2.23. The monoisotopic (exact) mass is 216 g/mol. The number of carbonyl (C=O) groups is 1. The lowest BCUT2D eigenvalue weighted by Crippen LogP contribution is -2.42. The fraction of sp³-hybridized carbons (Fsp3) is 0.900. The molecule has 1 fully saturated rings. The highest BCUT2D eigenvalue weighted by molar-refractivity contribution is 5.65. The van der Waals surface area contributed by atoms with Gasteiger partial charge < -0.3 is 20.5 Å². The molecule has 3 N–H and O–H groups in total. The summed E-state index contributed by atoms with van der Waals surface area (Å²) in [4.78, 5) is 12.2. The molecule has 0 aliphatic carbocycles. The largest absolute Gasteiger partial charge is 0.465 e. The third-order valence-electron chi connectivity index (χ3n) is 2.60. The molecule has 0 saturated carbocycles. The Bertz CT molecular complexity index is 199. The summed E-state index contributed by atoms with van der Waals surface area (Å²) < 4.78 is 5.60. The van der Waals surface area contributed by atoms with Crippen molar-refractivity contribution in [2.45, 2.75) is 31.8 Å². The van der Waals surface area contributed by atoms with E-state index in [1.807, 2.05) is 0 Å². The molecule has 1 rings (SSSR count). The molecule has 0 radical (unpaired) electrons. The lowest BCUT2D eigenvalue weighted by atomic mass is 10.1. The zero-order valence-corrected chi connectivity index (χ0v) is 9.02. The number of hydrogen-bond acceptors (Lipinski definition) is 3. The zero-order chi connectivity index (χ0) is 11.1. The van der Waals surface area contributed by atoms with Crippen LogP contribution in [0.2, 0.25) is 0 Å². The third kappa shape index (κ3) is 4.48. The van der Waals surface area contributed by atoms with Crippen LogP contribution in [-0.4, -0.2) is 48.4 Å². The summed E-state index contributed by atoms with van der Waals surface area (Å²) in [6, 6.07) is 0. The minimum absolute atomic E-state index is 0.0765. The standard InChI is InChI=1S/C10H20N2O3/c11-5-1-2-7-15-9-4-3-6-12(8-9)10(13)14/h9H,1-8,11H2,(H,13,14). The maximum absolute atomic E-state index is 10.7. The summed E-state index contributed by atoms with van der Waals surface area (Å²) in [6.07, 6.45) is 3.02. The second-order valence-electron chi connectivity index (χ2n) is 3.86. The van der Waals surface area contributed by atoms with Gasteiger partial charge in [0, 0.05) is 13.2 Å². The summed E-state index contributed by atoms with van der Waals surface area (Å²) >= 11 is 0. The molecule has 88 valence electrons. The smallest absolute Gasteiger partial charge is 0.407 e. The number of likely N-dealkylation sites (tertiary alicyclic amines) is 1. The van der Waals surface area contributed by atoms with Gasteiger partial charge in [0.25, 0.3) is 0 Å². The van der Waals surface area contributed by atoms with Crippen molar-refractivity contribution < 1.29 is 14.6 Å². The summed E-state index contributed by atoms with van der Waals surface area (Å²) in [5, 5.41) is 8.82. The van der Waals surface area contributed by atoms with E-state index >= 15 is 0 Å². The molecule has 5 heteroatoms. The Balaban J connectivity index is 2.15. The Kier molecular flexibility index (Phi) is 5.42.